The lowest BCUT2D eigenvalue weighted by molar-refractivity contribution is 0.304. The summed E-state index contributed by atoms with van der Waals surface area (Å²) in [5, 5.41) is 16.4. The lowest BCUT2D eigenvalue weighted by atomic mass is 10.1. The van der Waals surface area contributed by atoms with Crippen molar-refractivity contribution in [2.24, 2.45) is 0 Å². The zero-order chi connectivity index (χ0) is 16.6. The molecule has 0 aliphatic heterocycles. The summed E-state index contributed by atoms with van der Waals surface area (Å²) in [6.45, 7) is 2.37. The molecule has 120 valence electrons. The van der Waals surface area contributed by atoms with Crippen molar-refractivity contribution < 1.29 is 4.74 Å². The fourth-order valence-electron chi connectivity index (χ4n) is 2.61. The van der Waals surface area contributed by atoms with Gasteiger partial charge in [-0.05, 0) is 82.6 Å². The zero-order valence-corrected chi connectivity index (χ0v) is 15.0. The van der Waals surface area contributed by atoms with E-state index in [2.05, 4.69) is 15.9 Å². The van der Waals surface area contributed by atoms with E-state index in [0.717, 1.165) is 35.3 Å². The number of hydrogen-bond acceptors (Lipinski definition) is 3. The molecule has 1 aromatic heterocycles. The Balaban J connectivity index is 1.88. The second kappa shape index (κ2) is 6.49. The molecule has 0 bridgehead atoms. The molecule has 1 aromatic carbocycles. The van der Waals surface area contributed by atoms with Gasteiger partial charge in [-0.25, -0.2) is 0 Å². The smallest absolute Gasteiger partial charge is 0.175 e. The van der Waals surface area contributed by atoms with Gasteiger partial charge in [-0.3, -0.25) is 15.4 Å². The molecule has 2 aromatic rings. The van der Waals surface area contributed by atoms with Crippen molar-refractivity contribution >= 4 is 32.3 Å². The Labute approximate surface area is 148 Å². The van der Waals surface area contributed by atoms with Crippen molar-refractivity contribution in [3.63, 3.8) is 0 Å². The summed E-state index contributed by atoms with van der Waals surface area (Å²) >= 11 is 9.20. The molecular formula is C17H17BrClN3O. The van der Waals surface area contributed by atoms with Crippen molar-refractivity contribution in [1.82, 2.24) is 4.57 Å². The van der Waals surface area contributed by atoms with Crippen molar-refractivity contribution in [1.29, 1.82) is 10.8 Å². The lowest BCUT2D eigenvalue weighted by Crippen LogP contribution is -2.24. The molecular weight excluding hydrogens is 378 g/mol. The number of nitrogens with one attached hydrogen (secondary N) is 2. The highest BCUT2D eigenvalue weighted by molar-refractivity contribution is 9.18. The summed E-state index contributed by atoms with van der Waals surface area (Å²) in [6.07, 6.45) is 4.17. The van der Waals surface area contributed by atoms with Crippen molar-refractivity contribution in [3.05, 3.63) is 57.7 Å². The molecule has 1 fully saturated rings. The number of benzene rings is 1. The van der Waals surface area contributed by atoms with E-state index in [1.165, 1.54) is 4.57 Å². The summed E-state index contributed by atoms with van der Waals surface area (Å²) in [7, 11) is 0. The maximum absolute atomic E-state index is 8.07. The van der Waals surface area contributed by atoms with Gasteiger partial charge in [0.2, 0.25) is 0 Å². The zero-order valence-electron chi connectivity index (χ0n) is 12.7. The third-order valence-corrected chi connectivity index (χ3v) is 4.45. The monoisotopic (exact) mass is 393 g/mol. The second-order valence-electron chi connectivity index (χ2n) is 5.83. The average molecular weight is 395 g/mol. The number of hydrogen-bond donors (Lipinski definition) is 2. The van der Waals surface area contributed by atoms with E-state index in [9.17, 15) is 0 Å². The number of pyridine rings is 1. The van der Waals surface area contributed by atoms with Crippen LogP contribution in [0.5, 0.6) is 5.75 Å². The average Bonchev–Trinajstić information content (AvgIpc) is 3.28. The number of aryl methyl sites for hydroxylation is 1. The van der Waals surface area contributed by atoms with Crippen LogP contribution in [0.1, 0.15) is 35.4 Å². The molecule has 3 rings (SSSR count). The minimum Gasteiger partial charge on any atom is -0.489 e. The topological polar surface area (TPSA) is 61.9 Å². The summed E-state index contributed by atoms with van der Waals surface area (Å²) in [4.78, 5) is 0. The first-order valence-electron chi connectivity index (χ1n) is 7.38. The Morgan fingerprint density at radius 1 is 1.35 bits per heavy atom. The minimum atomic E-state index is 0.169. The highest BCUT2D eigenvalue weighted by Crippen LogP contribution is 2.41. The van der Waals surface area contributed by atoms with Crippen LogP contribution in [0.25, 0.3) is 0 Å². The Morgan fingerprint density at radius 3 is 2.70 bits per heavy atom. The van der Waals surface area contributed by atoms with E-state index in [1.54, 1.807) is 12.1 Å². The lowest BCUT2D eigenvalue weighted by Gasteiger charge is -2.14. The maximum atomic E-state index is 8.07. The van der Waals surface area contributed by atoms with E-state index < -0.39 is 0 Å². The Bertz CT molecular complexity index is 807. The van der Waals surface area contributed by atoms with Crippen LogP contribution in [-0.2, 0) is 6.61 Å². The van der Waals surface area contributed by atoms with Crippen molar-refractivity contribution in [2.45, 2.75) is 32.3 Å². The van der Waals surface area contributed by atoms with Gasteiger partial charge >= 0.3 is 0 Å². The van der Waals surface area contributed by atoms with Gasteiger partial charge in [0.05, 0.1) is 0 Å². The highest BCUT2D eigenvalue weighted by Gasteiger charge is 2.27. The van der Waals surface area contributed by atoms with E-state index in [-0.39, 0.29) is 10.2 Å². The van der Waals surface area contributed by atoms with Gasteiger partial charge < -0.3 is 4.74 Å². The van der Waals surface area contributed by atoms with Gasteiger partial charge in [-0.15, -0.1) is 0 Å². The Hall–Kier alpha value is -1.59. The SMILES string of the molecule is Cc1cc(Cl)cc(OCc2cc(=N)n(C(=N)Br)cc2C2CC2)c1. The quantitative estimate of drug-likeness (QED) is 0.579. The molecule has 1 heterocycles. The number of halogens is 2. The first-order valence-corrected chi connectivity index (χ1v) is 8.55. The molecule has 6 heteroatoms. The summed E-state index contributed by atoms with van der Waals surface area (Å²) in [5.41, 5.74) is 3.47. The van der Waals surface area contributed by atoms with Gasteiger partial charge in [0, 0.05) is 11.2 Å². The van der Waals surface area contributed by atoms with E-state index in [4.69, 9.17) is 27.2 Å². The molecule has 0 amide bonds. The van der Waals surface area contributed by atoms with E-state index in [1.807, 2.05) is 25.3 Å². The maximum Gasteiger partial charge on any atom is 0.175 e. The van der Waals surface area contributed by atoms with E-state index >= 15 is 0 Å². The fourth-order valence-corrected chi connectivity index (χ4v) is 3.18. The van der Waals surface area contributed by atoms with Gasteiger partial charge in [-0.2, -0.15) is 0 Å². The molecule has 1 aliphatic rings. The van der Waals surface area contributed by atoms with Crippen LogP contribution in [0.3, 0.4) is 0 Å². The predicted octanol–water partition coefficient (Wildman–Crippen LogP) is 4.56. The Kier molecular flexibility index (Phi) is 4.60. The van der Waals surface area contributed by atoms with Crippen LogP contribution in [0.15, 0.2) is 30.5 Å². The minimum absolute atomic E-state index is 0.169. The molecule has 0 radical (unpaired) electrons. The first kappa shape index (κ1) is 16.3. The van der Waals surface area contributed by atoms with Crippen LogP contribution in [0.4, 0.5) is 0 Å². The fraction of sp³-hybridized carbons (Fsp3) is 0.294. The number of nitrogens with zero attached hydrogens (tertiary/aromatic N) is 1. The number of rotatable bonds is 4. The van der Waals surface area contributed by atoms with Gasteiger partial charge in [0.15, 0.2) is 4.74 Å². The van der Waals surface area contributed by atoms with Crippen LogP contribution in [0, 0.1) is 17.7 Å². The van der Waals surface area contributed by atoms with Crippen molar-refractivity contribution in [3.8, 4) is 5.75 Å². The number of ether oxygens (including phenoxy) is 1. The molecule has 0 spiro atoms. The predicted molar refractivity (Wildman–Crippen MR) is 94.8 cm³/mol. The standard InChI is InChI=1S/C17H17BrClN3O/c1-10-4-13(19)7-14(5-10)23-9-12-6-16(20)22(17(18)21)8-15(12)11-2-3-11/h4-8,11,20-21H,2-3,9H2,1H3. The normalized spacial score (nSPS) is 13.9. The van der Waals surface area contributed by atoms with Gasteiger partial charge in [0.25, 0.3) is 0 Å². The molecule has 23 heavy (non-hydrogen) atoms. The molecule has 0 unspecified atom stereocenters. The Morgan fingerprint density at radius 2 is 2.09 bits per heavy atom. The second-order valence-corrected chi connectivity index (χ2v) is 7.01. The largest absolute Gasteiger partial charge is 0.489 e. The third kappa shape index (κ3) is 3.85. The summed E-state index contributed by atoms with van der Waals surface area (Å²) < 4.78 is 7.58. The first-order chi connectivity index (χ1) is 10.9. The van der Waals surface area contributed by atoms with Gasteiger partial charge in [0.1, 0.15) is 17.8 Å². The third-order valence-electron chi connectivity index (χ3n) is 3.85. The van der Waals surface area contributed by atoms with Crippen molar-refractivity contribution in [2.75, 3.05) is 0 Å². The molecule has 0 saturated heterocycles. The molecule has 4 nitrogen and oxygen atoms in total. The molecule has 0 atom stereocenters. The molecule has 2 N–H and O–H groups in total. The molecule has 1 aliphatic carbocycles. The molecule has 1 saturated carbocycles. The number of aromatic nitrogens is 1. The van der Waals surface area contributed by atoms with Crippen LogP contribution in [0.2, 0.25) is 5.02 Å². The summed E-state index contributed by atoms with van der Waals surface area (Å²) in [6, 6.07) is 7.41. The summed E-state index contributed by atoms with van der Waals surface area (Å²) in [5.74, 6) is 1.24. The van der Waals surface area contributed by atoms with Crippen LogP contribution < -0.4 is 10.2 Å². The van der Waals surface area contributed by atoms with E-state index in [0.29, 0.717) is 17.5 Å². The van der Waals surface area contributed by atoms with Gasteiger partial charge in [-0.1, -0.05) is 11.6 Å². The van der Waals surface area contributed by atoms with Crippen LogP contribution in [-0.4, -0.2) is 9.31 Å². The highest BCUT2D eigenvalue weighted by atomic mass is 79.9. The van der Waals surface area contributed by atoms with Crippen LogP contribution >= 0.6 is 27.5 Å².